The van der Waals surface area contributed by atoms with Gasteiger partial charge in [-0.2, -0.15) is 5.26 Å². The monoisotopic (exact) mass is 448 g/mol. The Morgan fingerprint density at radius 2 is 2.22 bits per heavy atom. The fourth-order valence-electron chi connectivity index (χ4n) is 4.51. The van der Waals surface area contributed by atoms with E-state index in [0.717, 1.165) is 34.6 Å². The van der Waals surface area contributed by atoms with Crippen LogP contribution in [0.4, 0.5) is 5.82 Å². The van der Waals surface area contributed by atoms with Crippen molar-refractivity contribution in [3.8, 4) is 6.07 Å². The topological polar surface area (TPSA) is 78.7 Å². The first-order chi connectivity index (χ1) is 18.4. The van der Waals surface area contributed by atoms with Gasteiger partial charge in [-0.05, 0) is 38.1 Å². The first-order valence-corrected chi connectivity index (χ1v) is 11.1. The predicted molar refractivity (Wildman–Crippen MR) is 123 cm³/mol. The van der Waals surface area contributed by atoms with E-state index in [-0.39, 0.29) is 43.4 Å². The Balaban J connectivity index is 1.88. The molecule has 0 radical (unpaired) electrons. The van der Waals surface area contributed by atoms with Gasteiger partial charge in [-0.1, -0.05) is 13.7 Å². The van der Waals surface area contributed by atoms with Crippen LogP contribution in [-0.4, -0.2) is 60.8 Å². The molecule has 1 aliphatic carbocycles. The van der Waals surface area contributed by atoms with E-state index in [1.807, 2.05) is 13.8 Å². The summed E-state index contributed by atoms with van der Waals surface area (Å²) in [6.45, 7) is -3.56. The first-order valence-electron chi connectivity index (χ1n) is 15.1. The highest BCUT2D eigenvalue weighted by Crippen LogP contribution is 2.46. The van der Waals surface area contributed by atoms with Gasteiger partial charge in [-0.3, -0.25) is 4.79 Å². The molecule has 1 atom stereocenters. The van der Waals surface area contributed by atoms with Gasteiger partial charge < -0.3 is 19.3 Å². The molecule has 7 heteroatoms. The highest BCUT2D eigenvalue weighted by atomic mass is 16.5. The number of fused-ring (bicyclic) bond motifs is 1. The lowest BCUT2D eigenvalue weighted by Gasteiger charge is -2.44. The molecule has 3 heterocycles. The Morgan fingerprint density at radius 1 is 1.44 bits per heavy atom. The molecule has 0 spiro atoms. The van der Waals surface area contributed by atoms with E-state index in [1.165, 1.54) is 12.0 Å². The summed E-state index contributed by atoms with van der Waals surface area (Å²) < 4.78 is 77.9. The molecule has 2 aliphatic heterocycles. The van der Waals surface area contributed by atoms with E-state index in [1.54, 1.807) is 0 Å². The number of carbonyl (C=O) groups excluding carboxylic acids is 1. The minimum absolute atomic E-state index is 0.0186. The van der Waals surface area contributed by atoms with Gasteiger partial charge in [-0.25, -0.2) is 4.98 Å². The number of aromatic nitrogens is 1. The third-order valence-electron chi connectivity index (χ3n) is 6.38. The van der Waals surface area contributed by atoms with Gasteiger partial charge in [-0.15, -0.1) is 0 Å². The van der Waals surface area contributed by atoms with Crippen LogP contribution in [-0.2, 0) is 27.3 Å². The number of pyridine rings is 1. The lowest BCUT2D eigenvalue weighted by atomic mass is 9.87. The number of hydrogen-bond acceptors (Lipinski definition) is 6. The molecule has 1 saturated carbocycles. The summed E-state index contributed by atoms with van der Waals surface area (Å²) in [5, 5.41) is 10.3. The molecule has 2 fully saturated rings. The molecule has 32 heavy (non-hydrogen) atoms. The van der Waals surface area contributed by atoms with Crippen LogP contribution in [0.5, 0.6) is 0 Å². The Hall–Kier alpha value is -2.17. The van der Waals surface area contributed by atoms with Gasteiger partial charge in [0.2, 0.25) is 5.91 Å². The maximum Gasteiger partial charge on any atom is 0.225 e. The summed E-state index contributed by atoms with van der Waals surface area (Å²) in [4.78, 5) is 20.5. The number of hydrogen-bond donors (Lipinski definition) is 0. The Labute approximate surface area is 202 Å². The zero-order chi connectivity index (χ0) is 29.9. The van der Waals surface area contributed by atoms with E-state index < -0.39 is 43.7 Å². The van der Waals surface area contributed by atoms with Crippen LogP contribution in [0.2, 0.25) is 0 Å². The predicted octanol–water partition coefficient (Wildman–Crippen LogP) is 3.39. The van der Waals surface area contributed by atoms with Crippen molar-refractivity contribution in [1.29, 1.82) is 5.26 Å². The summed E-state index contributed by atoms with van der Waals surface area (Å²) in [7, 11) is 1.38. The Kier molecular flexibility index (Phi) is 4.18. The number of methoxy groups -OCH3 is 1. The van der Waals surface area contributed by atoms with E-state index in [4.69, 9.17) is 24.1 Å². The van der Waals surface area contributed by atoms with E-state index in [0.29, 0.717) is 13.0 Å². The third kappa shape index (κ3) is 4.49. The number of nitrogens with zero attached hydrogens (tertiary/aromatic N) is 4. The van der Waals surface area contributed by atoms with Gasteiger partial charge in [0, 0.05) is 54.2 Å². The van der Waals surface area contributed by atoms with Gasteiger partial charge >= 0.3 is 0 Å². The summed E-state index contributed by atoms with van der Waals surface area (Å²) >= 11 is 0. The number of amides is 1. The normalized spacial score (nSPS) is 29.7. The molecule has 1 unspecified atom stereocenters. The molecule has 1 aromatic heterocycles. The van der Waals surface area contributed by atoms with Crippen molar-refractivity contribution in [2.24, 2.45) is 5.89 Å². The molecule has 174 valence electrons. The summed E-state index contributed by atoms with van der Waals surface area (Å²) in [6.07, 6.45) is 2.07. The number of piperazine rings is 1. The van der Waals surface area contributed by atoms with Crippen molar-refractivity contribution in [3.63, 3.8) is 0 Å². The van der Waals surface area contributed by atoms with E-state index >= 15 is 0 Å². The van der Waals surface area contributed by atoms with Crippen molar-refractivity contribution >= 4 is 11.7 Å². The third-order valence-corrected chi connectivity index (χ3v) is 6.38. The van der Waals surface area contributed by atoms with Crippen LogP contribution >= 0.6 is 0 Å². The largest absolute Gasteiger partial charge is 0.384 e. The van der Waals surface area contributed by atoms with Crippen LogP contribution in [0.3, 0.4) is 0 Å². The van der Waals surface area contributed by atoms with Gasteiger partial charge in [0.25, 0.3) is 0 Å². The van der Waals surface area contributed by atoms with Crippen molar-refractivity contribution in [1.82, 2.24) is 9.88 Å². The van der Waals surface area contributed by atoms with E-state index in [2.05, 4.69) is 6.07 Å². The Bertz CT molecular complexity index is 1190. The average molecular weight is 449 g/mol. The minimum atomic E-state index is -3.45. The highest BCUT2D eigenvalue weighted by molar-refractivity contribution is 5.77. The van der Waals surface area contributed by atoms with Crippen LogP contribution in [0.1, 0.15) is 86.1 Å². The lowest BCUT2D eigenvalue weighted by molar-refractivity contribution is -0.135. The minimum Gasteiger partial charge on any atom is -0.384 e. The van der Waals surface area contributed by atoms with Crippen LogP contribution in [0.25, 0.3) is 0 Å². The first kappa shape index (κ1) is 14.9. The summed E-state index contributed by atoms with van der Waals surface area (Å²) in [5.74, 6) is -3.65. The molecular weight excluding hydrogens is 404 g/mol. The fourth-order valence-corrected chi connectivity index (χ4v) is 4.51. The summed E-state index contributed by atoms with van der Waals surface area (Å²) in [6, 6.07) is -0.490. The fraction of sp³-hybridized carbons (Fsp3) is 0.720. The Morgan fingerprint density at radius 3 is 2.88 bits per heavy atom. The SMILES string of the molecule is [2H]C([2H])([2H])C([2H])(C([2H])([2H])[2H])C1([2H])CN(c2nc(C3CC3)c3c(c2C#N)CC(C)(C)OC3)CCN1C(=O)CCOC. The van der Waals surface area contributed by atoms with Crippen molar-refractivity contribution < 1.29 is 25.2 Å². The van der Waals surface area contributed by atoms with Crippen molar-refractivity contribution in [3.05, 3.63) is 22.4 Å². The number of ether oxygens (including phenoxy) is 2. The highest BCUT2D eigenvalue weighted by Gasteiger charge is 2.39. The molecule has 3 aliphatic rings. The molecule has 0 bridgehead atoms. The molecule has 7 nitrogen and oxygen atoms in total. The molecule has 0 N–H and O–H groups in total. The van der Waals surface area contributed by atoms with Crippen LogP contribution < -0.4 is 4.90 Å². The maximum absolute atomic E-state index is 13.2. The van der Waals surface area contributed by atoms with E-state index in [9.17, 15) is 11.4 Å². The maximum atomic E-state index is 13.2. The standard InChI is InChI=1S/C25H36N4O3/c1-16(2)21-14-28(9-10-29(21)22(30)8-11-31-5)24-19(13-26)18-12-25(3,4)32-15-20(18)23(27-24)17-6-7-17/h16-17,21H,6-12,14-15H2,1-5H3/i1D3,2D3,16D,21D. The van der Waals surface area contributed by atoms with Crippen LogP contribution in [0.15, 0.2) is 0 Å². The van der Waals surface area contributed by atoms with Gasteiger partial charge in [0.1, 0.15) is 11.9 Å². The average Bonchev–Trinajstić information content (AvgIpc) is 3.69. The number of anilines is 1. The molecular formula is C25H36N4O3. The number of carbonyl (C=O) groups is 1. The molecule has 1 saturated heterocycles. The van der Waals surface area contributed by atoms with Crippen LogP contribution in [0, 0.1) is 17.2 Å². The lowest BCUT2D eigenvalue weighted by Crippen LogP contribution is -2.57. The zero-order valence-corrected chi connectivity index (χ0v) is 19.0. The number of rotatable bonds is 6. The summed E-state index contributed by atoms with van der Waals surface area (Å²) in [5.41, 5.74) is 2.16. The van der Waals surface area contributed by atoms with Gasteiger partial charge in [0.05, 0.1) is 43.9 Å². The number of nitriles is 1. The zero-order valence-electron chi connectivity index (χ0n) is 27.0. The molecule has 1 amide bonds. The van der Waals surface area contributed by atoms with Crippen molar-refractivity contribution in [2.75, 3.05) is 38.3 Å². The molecule has 1 aromatic rings. The second-order valence-electron chi connectivity index (χ2n) is 9.30. The molecule has 4 rings (SSSR count). The van der Waals surface area contributed by atoms with Crippen molar-refractivity contribution in [2.45, 2.75) is 77.4 Å². The second kappa shape index (κ2) is 8.99. The van der Waals surface area contributed by atoms with Gasteiger partial charge in [0.15, 0.2) is 0 Å². The quantitative estimate of drug-likeness (QED) is 0.664. The smallest absolute Gasteiger partial charge is 0.225 e. The second-order valence-corrected chi connectivity index (χ2v) is 9.30. The molecule has 0 aromatic carbocycles.